The Kier molecular flexibility index (Phi) is 5.26. The number of nitrogens with zero attached hydrogens (tertiary/aromatic N) is 5. The Morgan fingerprint density at radius 3 is 2.53 bits per heavy atom. The summed E-state index contributed by atoms with van der Waals surface area (Å²) in [6, 6.07) is 5.37. The molecule has 3 atom stereocenters. The lowest BCUT2D eigenvalue weighted by atomic mass is 9.66. The van der Waals surface area contributed by atoms with Gasteiger partial charge in [-0.1, -0.05) is 19.9 Å². The molecule has 2 aliphatic carbocycles. The number of fused-ring (bicyclic) bond motifs is 5. The molecule has 0 unspecified atom stereocenters. The summed E-state index contributed by atoms with van der Waals surface area (Å²) in [6.07, 6.45) is 2.41. The molecule has 0 aliphatic heterocycles. The van der Waals surface area contributed by atoms with E-state index < -0.39 is 34.5 Å². The molecule has 1 aromatic carbocycles. The van der Waals surface area contributed by atoms with E-state index in [1.807, 2.05) is 0 Å². The molecule has 7 nitrogen and oxygen atoms in total. The summed E-state index contributed by atoms with van der Waals surface area (Å²) in [7, 11) is 0. The van der Waals surface area contributed by atoms with Gasteiger partial charge in [0.25, 0.3) is 6.43 Å². The molecular weight excluding hydrogens is 502 g/mol. The fourth-order valence-electron chi connectivity index (χ4n) is 6.17. The van der Waals surface area contributed by atoms with Crippen molar-refractivity contribution >= 4 is 0 Å². The predicted octanol–water partition coefficient (Wildman–Crippen LogP) is 5.54. The minimum absolute atomic E-state index is 0.0292. The zero-order valence-electron chi connectivity index (χ0n) is 20.7. The van der Waals surface area contributed by atoms with Gasteiger partial charge in [0.15, 0.2) is 5.60 Å². The van der Waals surface area contributed by atoms with Gasteiger partial charge < -0.3 is 9.52 Å². The largest absolute Gasteiger partial charge is 0.443 e. The second kappa shape index (κ2) is 8.13. The average molecular weight is 526 g/mol. The molecule has 0 amide bonds. The highest BCUT2D eigenvalue weighted by Gasteiger charge is 2.65. The summed E-state index contributed by atoms with van der Waals surface area (Å²) < 4.78 is 60.9. The van der Waals surface area contributed by atoms with E-state index in [0.29, 0.717) is 17.8 Å². The number of hydrogen-bond donors (Lipinski definition) is 1. The number of oxazole rings is 1. The zero-order valence-corrected chi connectivity index (χ0v) is 20.7. The smallest absolute Gasteiger partial charge is 0.272 e. The first-order valence-electron chi connectivity index (χ1n) is 12.1. The van der Waals surface area contributed by atoms with Gasteiger partial charge in [-0.05, 0) is 54.9 Å². The summed E-state index contributed by atoms with van der Waals surface area (Å²) in [4.78, 5) is 13.1. The van der Waals surface area contributed by atoms with Crippen molar-refractivity contribution in [2.75, 3.05) is 0 Å². The summed E-state index contributed by atoms with van der Waals surface area (Å²) in [5.74, 6) is -1.47. The monoisotopic (exact) mass is 525 g/mol. The van der Waals surface area contributed by atoms with E-state index in [-0.39, 0.29) is 34.5 Å². The molecule has 2 aliphatic rings. The highest BCUT2D eigenvalue weighted by molar-refractivity contribution is 5.64. The Balaban J connectivity index is 1.46. The minimum Gasteiger partial charge on any atom is -0.443 e. The second-order valence-corrected chi connectivity index (χ2v) is 10.6. The van der Waals surface area contributed by atoms with E-state index >= 15 is 0 Å². The molecule has 0 saturated heterocycles. The van der Waals surface area contributed by atoms with Crippen molar-refractivity contribution in [3.63, 3.8) is 0 Å². The van der Waals surface area contributed by atoms with Gasteiger partial charge >= 0.3 is 0 Å². The van der Waals surface area contributed by atoms with Crippen molar-refractivity contribution in [1.82, 2.24) is 25.1 Å². The Morgan fingerprint density at radius 2 is 1.82 bits per heavy atom. The molecule has 4 aromatic rings. The lowest BCUT2D eigenvalue weighted by molar-refractivity contribution is -0.0910. The summed E-state index contributed by atoms with van der Waals surface area (Å²) >= 11 is 0. The fraction of sp³-hybridized carbons (Fsp3) is 0.370. The van der Waals surface area contributed by atoms with Crippen molar-refractivity contribution in [2.45, 2.75) is 57.0 Å². The number of halogens is 4. The topological polar surface area (TPSA) is 97.8 Å². The number of benzene rings is 1. The van der Waals surface area contributed by atoms with Crippen LogP contribution in [0.2, 0.25) is 0 Å². The molecule has 2 bridgehead atoms. The first-order chi connectivity index (χ1) is 18.0. The van der Waals surface area contributed by atoms with Gasteiger partial charge in [-0.3, -0.25) is 4.98 Å². The third-order valence-electron chi connectivity index (χ3n) is 8.34. The van der Waals surface area contributed by atoms with Crippen LogP contribution in [0, 0.1) is 17.0 Å². The van der Waals surface area contributed by atoms with Crippen molar-refractivity contribution < 1.29 is 27.1 Å². The molecule has 3 heterocycles. The standard InChI is InChI=1S/C27H23F4N5O2/c1-25(2)14-7-8-27(25,22-13(14)9-17(35-36-22)21-15(28)5-4-6-16(21)29)19-11-32-10-18(33-19)23-34-20(12-38-23)26(3,37)24(30)31/h4-6,9-12,14,24,37H,7-8H2,1-3H3/t14-,26-,27+/m0/s1. The molecule has 0 spiro atoms. The zero-order chi connectivity index (χ0) is 27.0. The van der Waals surface area contributed by atoms with E-state index in [9.17, 15) is 22.7 Å². The van der Waals surface area contributed by atoms with Crippen LogP contribution in [0.4, 0.5) is 17.6 Å². The van der Waals surface area contributed by atoms with E-state index in [1.165, 1.54) is 24.4 Å². The number of aromatic nitrogens is 5. The quantitative estimate of drug-likeness (QED) is 0.342. The second-order valence-electron chi connectivity index (χ2n) is 10.6. The molecule has 0 radical (unpaired) electrons. The third-order valence-corrected chi connectivity index (χ3v) is 8.34. The predicted molar refractivity (Wildman–Crippen MR) is 127 cm³/mol. The van der Waals surface area contributed by atoms with Gasteiger partial charge in [0.1, 0.15) is 29.3 Å². The molecule has 3 aromatic heterocycles. The first-order valence-corrected chi connectivity index (χ1v) is 12.1. The Labute approximate surface area is 215 Å². The Hall–Kier alpha value is -3.73. The van der Waals surface area contributed by atoms with E-state index in [4.69, 9.17) is 9.40 Å². The lowest BCUT2D eigenvalue weighted by Gasteiger charge is -2.37. The van der Waals surface area contributed by atoms with Crippen molar-refractivity contribution in [1.29, 1.82) is 0 Å². The van der Waals surface area contributed by atoms with E-state index in [0.717, 1.165) is 25.2 Å². The van der Waals surface area contributed by atoms with Crippen LogP contribution in [-0.4, -0.2) is 36.7 Å². The van der Waals surface area contributed by atoms with Crippen LogP contribution in [0.1, 0.15) is 62.2 Å². The first kappa shape index (κ1) is 24.6. The summed E-state index contributed by atoms with van der Waals surface area (Å²) in [5.41, 5.74) is -1.72. The maximum atomic E-state index is 14.5. The highest BCUT2D eigenvalue weighted by atomic mass is 19.3. The molecule has 6 rings (SSSR count). The minimum atomic E-state index is -3.07. The van der Waals surface area contributed by atoms with Crippen LogP contribution in [0.3, 0.4) is 0 Å². The third kappa shape index (κ3) is 3.20. The highest BCUT2D eigenvalue weighted by Crippen LogP contribution is 2.69. The van der Waals surface area contributed by atoms with E-state index in [1.54, 1.807) is 12.3 Å². The SMILES string of the molecule is CC1(C)[C@H]2CC[C@@]1(c1cncc(-c3nc([C@](C)(O)C(F)F)co3)n1)c1nnc(-c3c(F)cccc3F)cc12. The normalized spacial score (nSPS) is 23.0. The van der Waals surface area contributed by atoms with E-state index in [2.05, 4.69) is 34.0 Å². The van der Waals surface area contributed by atoms with Crippen molar-refractivity contribution in [3.05, 3.63) is 77.2 Å². The van der Waals surface area contributed by atoms with Gasteiger partial charge in [-0.15, -0.1) is 5.10 Å². The molecule has 38 heavy (non-hydrogen) atoms. The molecular formula is C27H23F4N5O2. The average Bonchev–Trinajstić information content (AvgIpc) is 3.53. The lowest BCUT2D eigenvalue weighted by Crippen LogP contribution is -2.38. The molecule has 11 heteroatoms. The molecule has 1 fully saturated rings. The maximum absolute atomic E-state index is 14.5. The van der Waals surface area contributed by atoms with Gasteiger partial charge in [0, 0.05) is 6.20 Å². The van der Waals surface area contributed by atoms with Crippen LogP contribution >= 0.6 is 0 Å². The van der Waals surface area contributed by atoms with Crippen molar-refractivity contribution in [2.24, 2.45) is 5.41 Å². The number of aliphatic hydroxyl groups is 1. The summed E-state index contributed by atoms with van der Waals surface area (Å²) in [5, 5.41) is 18.8. The molecule has 1 N–H and O–H groups in total. The van der Waals surface area contributed by atoms with Gasteiger partial charge in [0.2, 0.25) is 5.89 Å². The Morgan fingerprint density at radius 1 is 1.08 bits per heavy atom. The van der Waals surface area contributed by atoms with Gasteiger partial charge in [-0.25, -0.2) is 27.5 Å². The number of rotatable bonds is 5. The maximum Gasteiger partial charge on any atom is 0.272 e. The molecule has 196 valence electrons. The van der Waals surface area contributed by atoms with Crippen LogP contribution < -0.4 is 0 Å². The fourth-order valence-corrected chi connectivity index (χ4v) is 6.17. The van der Waals surface area contributed by atoms with Crippen molar-refractivity contribution in [3.8, 4) is 22.8 Å². The van der Waals surface area contributed by atoms with Gasteiger partial charge in [-0.2, -0.15) is 5.10 Å². The molecule has 1 saturated carbocycles. The van der Waals surface area contributed by atoms with Crippen LogP contribution in [0.15, 0.2) is 47.3 Å². The van der Waals surface area contributed by atoms with Crippen LogP contribution in [0.5, 0.6) is 0 Å². The number of alkyl halides is 2. The Bertz CT molecular complexity index is 1550. The van der Waals surface area contributed by atoms with Gasteiger partial charge in [0.05, 0.1) is 34.3 Å². The number of hydrogen-bond acceptors (Lipinski definition) is 7. The van der Waals surface area contributed by atoms with Crippen LogP contribution in [0.25, 0.3) is 22.8 Å². The van der Waals surface area contributed by atoms with Crippen LogP contribution in [-0.2, 0) is 11.0 Å². The summed E-state index contributed by atoms with van der Waals surface area (Å²) in [6.45, 7) is 5.14.